The van der Waals surface area contributed by atoms with E-state index in [9.17, 15) is 4.79 Å². The Morgan fingerprint density at radius 3 is 2.55 bits per heavy atom. The van der Waals surface area contributed by atoms with Gasteiger partial charge < -0.3 is 19.5 Å². The zero-order valence-corrected chi connectivity index (χ0v) is 20.0. The molecule has 2 aliphatic rings. The molecule has 0 aromatic heterocycles. The van der Waals surface area contributed by atoms with Gasteiger partial charge in [-0.1, -0.05) is 31.5 Å². The van der Waals surface area contributed by atoms with Crippen LogP contribution in [0, 0.1) is 5.92 Å². The van der Waals surface area contributed by atoms with Crippen molar-refractivity contribution in [2.24, 2.45) is 5.92 Å². The number of hydrogen-bond donors (Lipinski definition) is 1. The van der Waals surface area contributed by atoms with E-state index in [0.29, 0.717) is 6.54 Å². The summed E-state index contributed by atoms with van der Waals surface area (Å²) in [7, 11) is 1.69. The number of benzene rings is 2. The van der Waals surface area contributed by atoms with E-state index in [1.807, 2.05) is 18.2 Å². The van der Waals surface area contributed by atoms with Crippen molar-refractivity contribution in [3.8, 4) is 17.2 Å². The summed E-state index contributed by atoms with van der Waals surface area (Å²) in [6.45, 7) is 3.57. The van der Waals surface area contributed by atoms with Gasteiger partial charge in [0.15, 0.2) is 11.5 Å². The highest BCUT2D eigenvalue weighted by atomic mass is 16.5. The average molecular weight is 452 g/mol. The molecule has 1 heterocycles. The molecule has 2 aromatic carbocycles. The highest BCUT2D eigenvalue weighted by molar-refractivity contribution is 5.80. The molecule has 178 valence electrons. The second kappa shape index (κ2) is 11.4. The summed E-state index contributed by atoms with van der Waals surface area (Å²) in [6, 6.07) is 14.4. The van der Waals surface area contributed by atoms with E-state index in [0.717, 1.165) is 62.4 Å². The first kappa shape index (κ1) is 23.5. The van der Waals surface area contributed by atoms with E-state index in [1.165, 1.54) is 24.0 Å². The fourth-order valence-corrected chi connectivity index (χ4v) is 4.90. The standard InChI is InChI=1S/C28H37NO4/c1-3-4-15-32-24-12-9-20(10-13-24)16-22-17-23(19-29-28(22)30)21-11-14-26(31-2)27(18-21)33-25-7-5-6-8-25/h9-14,18,22-23,25H,3-8,15-17,19H2,1-2H3,(H,29,30)/t22-,23+/m0/s1. The molecule has 0 unspecified atom stereocenters. The van der Waals surface area contributed by atoms with Crippen LogP contribution in [-0.2, 0) is 11.2 Å². The van der Waals surface area contributed by atoms with Crippen molar-refractivity contribution in [3.05, 3.63) is 53.6 Å². The van der Waals surface area contributed by atoms with Crippen LogP contribution >= 0.6 is 0 Å². The molecular weight excluding hydrogens is 414 g/mol. The molecule has 5 heteroatoms. The van der Waals surface area contributed by atoms with Gasteiger partial charge in [0, 0.05) is 18.4 Å². The van der Waals surface area contributed by atoms with Crippen molar-refractivity contribution in [3.63, 3.8) is 0 Å². The number of nitrogens with one attached hydrogen (secondary N) is 1. The number of carbonyl (C=O) groups is 1. The van der Waals surface area contributed by atoms with E-state index in [-0.39, 0.29) is 23.8 Å². The maximum Gasteiger partial charge on any atom is 0.223 e. The lowest BCUT2D eigenvalue weighted by Gasteiger charge is -2.30. The lowest BCUT2D eigenvalue weighted by Crippen LogP contribution is -2.41. The highest BCUT2D eigenvalue weighted by Gasteiger charge is 2.30. The minimum atomic E-state index is -0.0445. The summed E-state index contributed by atoms with van der Waals surface area (Å²) >= 11 is 0. The number of ether oxygens (including phenoxy) is 3. The van der Waals surface area contributed by atoms with E-state index in [2.05, 4.69) is 36.5 Å². The third kappa shape index (κ3) is 6.21. The minimum absolute atomic E-state index is 0.0445. The average Bonchev–Trinajstić information content (AvgIpc) is 3.35. The van der Waals surface area contributed by atoms with E-state index >= 15 is 0 Å². The smallest absolute Gasteiger partial charge is 0.223 e. The molecule has 0 bridgehead atoms. The minimum Gasteiger partial charge on any atom is -0.494 e. The van der Waals surface area contributed by atoms with E-state index < -0.39 is 0 Å². The Kier molecular flexibility index (Phi) is 8.14. The first-order valence-electron chi connectivity index (χ1n) is 12.5. The molecule has 1 aliphatic carbocycles. The highest BCUT2D eigenvalue weighted by Crippen LogP contribution is 2.37. The second-order valence-electron chi connectivity index (χ2n) is 9.36. The molecule has 0 radical (unpaired) electrons. The second-order valence-corrected chi connectivity index (χ2v) is 9.36. The van der Waals surface area contributed by atoms with Crippen LogP contribution in [0.1, 0.15) is 68.9 Å². The number of hydrogen-bond acceptors (Lipinski definition) is 4. The van der Waals surface area contributed by atoms with Crippen LogP contribution < -0.4 is 19.5 Å². The summed E-state index contributed by atoms with van der Waals surface area (Å²) in [5, 5.41) is 3.13. The molecule has 1 amide bonds. The number of carbonyl (C=O) groups excluding carboxylic acids is 1. The van der Waals surface area contributed by atoms with Gasteiger partial charge in [-0.3, -0.25) is 4.79 Å². The van der Waals surface area contributed by atoms with Crippen LogP contribution in [0.3, 0.4) is 0 Å². The van der Waals surface area contributed by atoms with Crippen LogP contribution in [0.4, 0.5) is 0 Å². The molecule has 1 saturated heterocycles. The van der Waals surface area contributed by atoms with E-state index in [4.69, 9.17) is 14.2 Å². The number of rotatable bonds is 10. The quantitative estimate of drug-likeness (QED) is 0.474. The Bertz CT molecular complexity index is 905. The maximum atomic E-state index is 12.6. The SMILES string of the molecule is CCCCOc1ccc(C[C@H]2C[C@@H](c3ccc(OC)c(OC4CCCC4)c3)CNC2=O)cc1. The van der Waals surface area contributed by atoms with Gasteiger partial charge in [0.1, 0.15) is 5.75 Å². The predicted molar refractivity (Wildman–Crippen MR) is 130 cm³/mol. The molecular formula is C28H37NO4. The molecule has 1 saturated carbocycles. The normalized spacial score (nSPS) is 21.0. The predicted octanol–water partition coefficient (Wildman–Crippen LogP) is 5.66. The Balaban J connectivity index is 1.41. The Morgan fingerprint density at radius 1 is 1.03 bits per heavy atom. The van der Waals surface area contributed by atoms with Crippen LogP contribution in [0.25, 0.3) is 0 Å². The number of methoxy groups -OCH3 is 1. The van der Waals surface area contributed by atoms with Crippen LogP contribution in [0.2, 0.25) is 0 Å². The first-order valence-corrected chi connectivity index (χ1v) is 12.5. The van der Waals surface area contributed by atoms with Crippen molar-refractivity contribution >= 4 is 5.91 Å². The zero-order chi connectivity index (χ0) is 23.0. The third-order valence-corrected chi connectivity index (χ3v) is 6.89. The summed E-state index contributed by atoms with van der Waals surface area (Å²) in [5.74, 6) is 2.87. The van der Waals surface area contributed by atoms with Crippen molar-refractivity contribution in [2.45, 2.75) is 70.3 Å². The summed E-state index contributed by atoms with van der Waals surface area (Å²) in [5.41, 5.74) is 2.37. The van der Waals surface area contributed by atoms with Gasteiger partial charge in [0.2, 0.25) is 5.91 Å². The molecule has 2 aromatic rings. The monoisotopic (exact) mass is 451 g/mol. The number of piperidine rings is 1. The van der Waals surface area contributed by atoms with Gasteiger partial charge in [-0.25, -0.2) is 0 Å². The lowest BCUT2D eigenvalue weighted by molar-refractivity contribution is -0.126. The Hall–Kier alpha value is -2.69. The molecule has 0 spiro atoms. The molecule has 4 rings (SSSR count). The van der Waals surface area contributed by atoms with Gasteiger partial charge in [-0.2, -0.15) is 0 Å². The number of amides is 1. The molecule has 2 atom stereocenters. The maximum absolute atomic E-state index is 12.6. The summed E-state index contributed by atoms with van der Waals surface area (Å²) < 4.78 is 17.6. The van der Waals surface area contributed by atoms with Crippen LogP contribution in [0.15, 0.2) is 42.5 Å². The summed E-state index contributed by atoms with van der Waals surface area (Å²) in [6.07, 6.45) is 8.71. The van der Waals surface area contributed by atoms with Gasteiger partial charge in [0.05, 0.1) is 19.8 Å². The first-order chi connectivity index (χ1) is 16.2. The van der Waals surface area contributed by atoms with Crippen molar-refractivity contribution in [1.82, 2.24) is 5.32 Å². The van der Waals surface area contributed by atoms with Gasteiger partial charge in [-0.05, 0) is 80.3 Å². The van der Waals surface area contributed by atoms with Crippen molar-refractivity contribution in [2.75, 3.05) is 20.3 Å². The molecule has 1 aliphatic heterocycles. The van der Waals surface area contributed by atoms with Crippen molar-refractivity contribution in [1.29, 1.82) is 0 Å². The fraction of sp³-hybridized carbons (Fsp3) is 0.536. The van der Waals surface area contributed by atoms with Crippen LogP contribution in [-0.4, -0.2) is 32.3 Å². The van der Waals surface area contributed by atoms with Crippen molar-refractivity contribution < 1.29 is 19.0 Å². The summed E-state index contributed by atoms with van der Waals surface area (Å²) in [4.78, 5) is 12.6. The van der Waals surface area contributed by atoms with Gasteiger partial charge >= 0.3 is 0 Å². The zero-order valence-electron chi connectivity index (χ0n) is 20.0. The van der Waals surface area contributed by atoms with Gasteiger partial charge in [-0.15, -0.1) is 0 Å². The molecule has 2 fully saturated rings. The topological polar surface area (TPSA) is 56.8 Å². The Morgan fingerprint density at radius 2 is 1.82 bits per heavy atom. The molecule has 1 N–H and O–H groups in total. The Labute approximate surface area is 197 Å². The lowest BCUT2D eigenvalue weighted by atomic mass is 9.82. The fourth-order valence-electron chi connectivity index (χ4n) is 4.90. The van der Waals surface area contributed by atoms with E-state index in [1.54, 1.807) is 7.11 Å². The largest absolute Gasteiger partial charge is 0.494 e. The van der Waals surface area contributed by atoms with Crippen LogP contribution in [0.5, 0.6) is 17.2 Å². The number of unbranched alkanes of at least 4 members (excludes halogenated alkanes) is 1. The van der Waals surface area contributed by atoms with Gasteiger partial charge in [0.25, 0.3) is 0 Å². The molecule has 33 heavy (non-hydrogen) atoms. The molecule has 5 nitrogen and oxygen atoms in total. The third-order valence-electron chi connectivity index (χ3n) is 6.89.